The zero-order valence-electron chi connectivity index (χ0n) is 12.0. The van der Waals surface area contributed by atoms with E-state index in [9.17, 15) is 13.2 Å². The van der Waals surface area contributed by atoms with E-state index in [1.165, 1.54) is 10.6 Å². The molecule has 0 aliphatic carbocycles. The Hall–Kier alpha value is -1.41. The highest BCUT2D eigenvalue weighted by molar-refractivity contribution is 7.88. The van der Waals surface area contributed by atoms with Crippen molar-refractivity contribution in [3.63, 3.8) is 0 Å². The van der Waals surface area contributed by atoms with Gasteiger partial charge in [0.2, 0.25) is 10.0 Å². The van der Waals surface area contributed by atoms with Gasteiger partial charge in [0.1, 0.15) is 0 Å². The molecule has 20 heavy (non-hydrogen) atoms. The number of nitrogens with zero attached hydrogens (tertiary/aromatic N) is 4. The van der Waals surface area contributed by atoms with Gasteiger partial charge in [-0.05, 0) is 19.9 Å². The number of hydrogen-bond acceptors (Lipinski definition) is 4. The van der Waals surface area contributed by atoms with Gasteiger partial charge in [-0.3, -0.25) is 9.48 Å². The van der Waals surface area contributed by atoms with Gasteiger partial charge in [0.05, 0.1) is 6.26 Å². The molecule has 1 aliphatic heterocycles. The molecule has 1 aliphatic rings. The second-order valence-corrected chi connectivity index (χ2v) is 6.92. The molecule has 0 aromatic carbocycles. The fourth-order valence-electron chi connectivity index (χ4n) is 2.32. The quantitative estimate of drug-likeness (QED) is 0.783. The van der Waals surface area contributed by atoms with E-state index in [0.29, 0.717) is 31.9 Å². The van der Waals surface area contributed by atoms with Crippen LogP contribution in [0, 0.1) is 6.92 Å². The highest BCUT2D eigenvalue weighted by atomic mass is 32.2. The smallest absolute Gasteiger partial charge is 0.274 e. The Morgan fingerprint density at radius 1 is 1.30 bits per heavy atom. The van der Waals surface area contributed by atoms with E-state index < -0.39 is 10.0 Å². The largest absolute Gasteiger partial charge is 0.335 e. The number of aryl methyl sites for hydroxylation is 2. The summed E-state index contributed by atoms with van der Waals surface area (Å²) in [5.74, 6) is -0.131. The van der Waals surface area contributed by atoms with E-state index in [2.05, 4.69) is 5.10 Å². The predicted molar refractivity (Wildman–Crippen MR) is 75.0 cm³/mol. The Morgan fingerprint density at radius 3 is 2.35 bits per heavy atom. The second kappa shape index (κ2) is 5.53. The van der Waals surface area contributed by atoms with Gasteiger partial charge in [0.15, 0.2) is 5.69 Å². The number of aromatic nitrogens is 2. The van der Waals surface area contributed by atoms with Crippen LogP contribution >= 0.6 is 0 Å². The van der Waals surface area contributed by atoms with Crippen molar-refractivity contribution in [3.05, 3.63) is 17.5 Å². The number of amides is 1. The second-order valence-electron chi connectivity index (χ2n) is 4.94. The molecule has 1 amide bonds. The number of hydrogen-bond donors (Lipinski definition) is 0. The average molecular weight is 300 g/mol. The summed E-state index contributed by atoms with van der Waals surface area (Å²) >= 11 is 0. The number of carbonyl (C=O) groups excluding carboxylic acids is 1. The first-order valence-electron chi connectivity index (χ1n) is 6.61. The molecule has 1 saturated heterocycles. The number of carbonyl (C=O) groups is 1. The lowest BCUT2D eigenvalue weighted by Crippen LogP contribution is -2.50. The maximum atomic E-state index is 12.3. The maximum Gasteiger partial charge on any atom is 0.274 e. The molecule has 1 aromatic rings. The summed E-state index contributed by atoms with van der Waals surface area (Å²) in [5.41, 5.74) is 1.38. The molecular weight excluding hydrogens is 280 g/mol. The van der Waals surface area contributed by atoms with Crippen molar-refractivity contribution in [3.8, 4) is 0 Å². The van der Waals surface area contributed by atoms with Crippen LogP contribution in [-0.4, -0.2) is 65.7 Å². The molecule has 0 atom stereocenters. The molecule has 0 saturated carbocycles. The molecule has 1 fully saturated rings. The van der Waals surface area contributed by atoms with Gasteiger partial charge in [0, 0.05) is 38.4 Å². The minimum Gasteiger partial charge on any atom is -0.335 e. The van der Waals surface area contributed by atoms with Gasteiger partial charge < -0.3 is 4.90 Å². The van der Waals surface area contributed by atoms with E-state index in [1.807, 2.05) is 13.8 Å². The molecule has 7 nitrogen and oxygen atoms in total. The lowest BCUT2D eigenvalue weighted by molar-refractivity contribution is 0.0691. The standard InChI is InChI=1S/C12H20N4O3S/c1-4-16-10(2)9-11(13-16)12(17)14-5-7-15(8-6-14)20(3,18)19/h9H,4-8H2,1-3H3. The van der Waals surface area contributed by atoms with E-state index in [0.717, 1.165) is 12.2 Å². The van der Waals surface area contributed by atoms with Crippen LogP contribution in [0.15, 0.2) is 6.07 Å². The van der Waals surface area contributed by atoms with Crippen molar-refractivity contribution >= 4 is 15.9 Å². The van der Waals surface area contributed by atoms with E-state index in [-0.39, 0.29) is 5.91 Å². The van der Waals surface area contributed by atoms with Crippen LogP contribution in [0.25, 0.3) is 0 Å². The van der Waals surface area contributed by atoms with Gasteiger partial charge in [-0.25, -0.2) is 8.42 Å². The zero-order valence-corrected chi connectivity index (χ0v) is 12.9. The van der Waals surface area contributed by atoms with Crippen LogP contribution in [0.4, 0.5) is 0 Å². The van der Waals surface area contributed by atoms with Gasteiger partial charge in [-0.2, -0.15) is 9.40 Å². The van der Waals surface area contributed by atoms with Crippen LogP contribution in [0.2, 0.25) is 0 Å². The van der Waals surface area contributed by atoms with Gasteiger partial charge in [-0.1, -0.05) is 0 Å². The van der Waals surface area contributed by atoms with Crippen molar-refractivity contribution in [2.45, 2.75) is 20.4 Å². The molecule has 0 bridgehead atoms. The van der Waals surface area contributed by atoms with Gasteiger partial charge in [-0.15, -0.1) is 0 Å². The fourth-order valence-corrected chi connectivity index (χ4v) is 3.15. The lowest BCUT2D eigenvalue weighted by atomic mass is 10.3. The third-order valence-corrected chi connectivity index (χ3v) is 4.80. The summed E-state index contributed by atoms with van der Waals surface area (Å²) in [4.78, 5) is 14.0. The summed E-state index contributed by atoms with van der Waals surface area (Å²) in [6, 6.07) is 1.77. The summed E-state index contributed by atoms with van der Waals surface area (Å²) < 4.78 is 26.0. The normalized spacial score (nSPS) is 17.4. The highest BCUT2D eigenvalue weighted by Crippen LogP contribution is 2.11. The number of rotatable bonds is 3. The van der Waals surface area contributed by atoms with Crippen LogP contribution in [0.3, 0.4) is 0 Å². The Bertz CT molecular complexity index is 600. The molecule has 112 valence electrons. The van der Waals surface area contributed by atoms with Crippen LogP contribution in [-0.2, 0) is 16.6 Å². The summed E-state index contributed by atoms with van der Waals surface area (Å²) in [5, 5.41) is 4.26. The third kappa shape index (κ3) is 3.01. The summed E-state index contributed by atoms with van der Waals surface area (Å²) in [7, 11) is -3.17. The minimum atomic E-state index is -3.17. The molecule has 0 spiro atoms. The highest BCUT2D eigenvalue weighted by Gasteiger charge is 2.27. The Kier molecular flexibility index (Phi) is 4.14. The van der Waals surface area contributed by atoms with Crippen molar-refractivity contribution in [2.24, 2.45) is 0 Å². The number of piperazine rings is 1. The van der Waals surface area contributed by atoms with Gasteiger partial charge >= 0.3 is 0 Å². The van der Waals surface area contributed by atoms with Crippen LogP contribution < -0.4 is 0 Å². The lowest BCUT2D eigenvalue weighted by Gasteiger charge is -2.32. The van der Waals surface area contributed by atoms with E-state index in [4.69, 9.17) is 0 Å². The maximum absolute atomic E-state index is 12.3. The molecule has 2 rings (SSSR count). The summed E-state index contributed by atoms with van der Waals surface area (Å²) in [6.07, 6.45) is 1.19. The number of sulfonamides is 1. The van der Waals surface area contributed by atoms with Crippen molar-refractivity contribution in [1.29, 1.82) is 0 Å². The van der Waals surface area contributed by atoms with E-state index >= 15 is 0 Å². The van der Waals surface area contributed by atoms with E-state index in [1.54, 1.807) is 15.6 Å². The third-order valence-electron chi connectivity index (χ3n) is 3.49. The van der Waals surface area contributed by atoms with Crippen molar-refractivity contribution in [1.82, 2.24) is 19.0 Å². The molecule has 2 heterocycles. The predicted octanol–water partition coefficient (Wildman–Crippen LogP) is -0.0712. The zero-order chi connectivity index (χ0) is 14.9. The minimum absolute atomic E-state index is 0.131. The topological polar surface area (TPSA) is 75.5 Å². The molecule has 0 radical (unpaired) electrons. The molecule has 8 heteroatoms. The summed E-state index contributed by atoms with van der Waals surface area (Å²) in [6.45, 7) is 6.11. The SMILES string of the molecule is CCn1nc(C(=O)N2CCN(S(C)(=O)=O)CC2)cc1C. The fraction of sp³-hybridized carbons (Fsp3) is 0.667. The average Bonchev–Trinajstić information content (AvgIpc) is 2.78. The monoisotopic (exact) mass is 300 g/mol. The molecule has 0 N–H and O–H groups in total. The molecule has 1 aromatic heterocycles. The Labute approximate surface area is 119 Å². The van der Waals surface area contributed by atoms with Gasteiger partial charge in [0.25, 0.3) is 5.91 Å². The Morgan fingerprint density at radius 2 is 1.90 bits per heavy atom. The van der Waals surface area contributed by atoms with Crippen molar-refractivity contribution in [2.75, 3.05) is 32.4 Å². The molecule has 0 unspecified atom stereocenters. The first-order valence-corrected chi connectivity index (χ1v) is 8.46. The van der Waals surface area contributed by atoms with Crippen molar-refractivity contribution < 1.29 is 13.2 Å². The first kappa shape index (κ1) is 15.0. The Balaban J connectivity index is 2.05. The molecular formula is C12H20N4O3S. The van der Waals surface area contributed by atoms with Crippen LogP contribution in [0.1, 0.15) is 23.1 Å². The first-order chi connectivity index (χ1) is 9.32. The van der Waals surface area contributed by atoms with Crippen LogP contribution in [0.5, 0.6) is 0 Å².